The average Bonchev–Trinajstić information content (AvgIpc) is 3.05. The summed E-state index contributed by atoms with van der Waals surface area (Å²) in [7, 11) is 0. The van der Waals surface area contributed by atoms with E-state index in [0.717, 1.165) is 0 Å². The lowest BCUT2D eigenvalue weighted by atomic mass is 10.2. The number of fused-ring (bicyclic) bond motifs is 1. The van der Waals surface area contributed by atoms with Crippen molar-refractivity contribution in [1.82, 2.24) is 9.55 Å². The predicted octanol–water partition coefficient (Wildman–Crippen LogP) is 3.05. The van der Waals surface area contributed by atoms with Gasteiger partial charge in [-0.15, -0.1) is 11.3 Å². The van der Waals surface area contributed by atoms with Gasteiger partial charge in [0.25, 0.3) is 11.2 Å². The third kappa shape index (κ3) is 3.67. The van der Waals surface area contributed by atoms with Crippen LogP contribution < -0.4 is 10.9 Å². The normalized spacial score (nSPS) is 10.8. The number of carbonyl (C=O) groups is 1. The summed E-state index contributed by atoms with van der Waals surface area (Å²) >= 11 is 7.10. The van der Waals surface area contributed by atoms with Gasteiger partial charge in [-0.3, -0.25) is 24.3 Å². The van der Waals surface area contributed by atoms with Crippen molar-refractivity contribution in [3.05, 3.63) is 61.5 Å². The highest BCUT2D eigenvalue weighted by molar-refractivity contribution is 7.16. The highest BCUT2D eigenvalue weighted by Crippen LogP contribution is 2.27. The van der Waals surface area contributed by atoms with Gasteiger partial charge in [-0.2, -0.15) is 0 Å². The van der Waals surface area contributed by atoms with Gasteiger partial charge in [0.15, 0.2) is 0 Å². The van der Waals surface area contributed by atoms with E-state index in [2.05, 4.69) is 10.3 Å². The van der Waals surface area contributed by atoms with Crippen LogP contribution in [-0.2, 0) is 11.3 Å². The predicted molar refractivity (Wildman–Crippen MR) is 95.2 cm³/mol. The highest BCUT2D eigenvalue weighted by Gasteiger charge is 2.14. The molecule has 0 aliphatic heterocycles. The Morgan fingerprint density at radius 3 is 2.96 bits per heavy atom. The lowest BCUT2D eigenvalue weighted by molar-refractivity contribution is -0.384. The van der Waals surface area contributed by atoms with Crippen molar-refractivity contribution in [2.24, 2.45) is 0 Å². The number of halogens is 1. The van der Waals surface area contributed by atoms with Crippen molar-refractivity contribution in [2.75, 3.05) is 5.32 Å². The van der Waals surface area contributed by atoms with E-state index in [4.69, 9.17) is 11.6 Å². The molecule has 2 aromatic heterocycles. The number of rotatable bonds is 5. The molecule has 0 fully saturated rings. The minimum atomic E-state index is -0.626. The quantitative estimate of drug-likeness (QED) is 0.542. The number of amides is 1. The zero-order valence-electron chi connectivity index (χ0n) is 12.6. The van der Waals surface area contributed by atoms with Gasteiger partial charge in [0.1, 0.15) is 9.85 Å². The number of aryl methyl sites for hydroxylation is 1. The van der Waals surface area contributed by atoms with Crippen LogP contribution in [0.2, 0.25) is 5.02 Å². The molecule has 3 aromatic rings. The van der Waals surface area contributed by atoms with Gasteiger partial charge in [0, 0.05) is 24.7 Å². The number of aromatic nitrogens is 2. The van der Waals surface area contributed by atoms with E-state index < -0.39 is 4.92 Å². The number of nitro benzene ring substituents is 1. The number of carbonyl (C=O) groups excluding carboxylic acids is 1. The van der Waals surface area contributed by atoms with Crippen LogP contribution in [-0.4, -0.2) is 20.4 Å². The standard InChI is InChI=1S/C15H11ClN4O4S/c16-11-2-1-9(7-12(11)20(23)24)18-13(21)3-5-19-8-17-14-10(15(19)22)4-6-25-14/h1-2,4,6-8H,3,5H2,(H,18,21). The van der Waals surface area contributed by atoms with Crippen molar-refractivity contribution in [2.45, 2.75) is 13.0 Å². The van der Waals surface area contributed by atoms with Crippen molar-refractivity contribution >= 4 is 50.4 Å². The molecule has 0 bridgehead atoms. The second-order valence-corrected chi connectivity index (χ2v) is 6.41. The maximum atomic E-state index is 12.2. The number of nitrogens with zero attached hydrogens (tertiary/aromatic N) is 3. The number of hydrogen-bond donors (Lipinski definition) is 1. The first-order valence-corrected chi connectivity index (χ1v) is 8.38. The van der Waals surface area contributed by atoms with Crippen LogP contribution in [0.1, 0.15) is 6.42 Å². The van der Waals surface area contributed by atoms with Crippen LogP contribution >= 0.6 is 22.9 Å². The molecular formula is C15H11ClN4O4S. The van der Waals surface area contributed by atoms with Crippen molar-refractivity contribution in [3.63, 3.8) is 0 Å². The summed E-state index contributed by atoms with van der Waals surface area (Å²) in [5.74, 6) is -0.381. The Kier molecular flexibility index (Phi) is 4.77. The van der Waals surface area contributed by atoms with Gasteiger partial charge in [0.05, 0.1) is 16.6 Å². The fourth-order valence-electron chi connectivity index (χ4n) is 2.23. The molecule has 3 rings (SSSR count). The molecule has 0 unspecified atom stereocenters. The van der Waals surface area contributed by atoms with Crippen LogP contribution in [0, 0.1) is 10.1 Å². The van der Waals surface area contributed by atoms with Crippen LogP contribution in [0.4, 0.5) is 11.4 Å². The van der Waals surface area contributed by atoms with E-state index in [-0.39, 0.29) is 40.8 Å². The van der Waals surface area contributed by atoms with Crippen LogP contribution in [0.3, 0.4) is 0 Å². The third-order valence-corrected chi connectivity index (χ3v) is 4.60. The molecule has 0 atom stereocenters. The van der Waals surface area contributed by atoms with E-state index in [9.17, 15) is 19.7 Å². The molecular weight excluding hydrogens is 368 g/mol. The average molecular weight is 379 g/mol. The van der Waals surface area contributed by atoms with Gasteiger partial charge in [-0.25, -0.2) is 4.98 Å². The van der Waals surface area contributed by atoms with Crippen molar-refractivity contribution in [1.29, 1.82) is 0 Å². The van der Waals surface area contributed by atoms with Gasteiger partial charge < -0.3 is 5.32 Å². The summed E-state index contributed by atoms with van der Waals surface area (Å²) in [6.45, 7) is 0.152. The largest absolute Gasteiger partial charge is 0.326 e. The van der Waals surface area contributed by atoms with Crippen LogP contribution in [0.25, 0.3) is 10.2 Å². The molecule has 128 valence electrons. The molecule has 0 spiro atoms. The second-order valence-electron chi connectivity index (χ2n) is 5.10. The van der Waals surface area contributed by atoms with E-state index in [0.29, 0.717) is 10.2 Å². The Labute approximate surface area is 149 Å². The number of thiophene rings is 1. The van der Waals surface area contributed by atoms with E-state index >= 15 is 0 Å². The summed E-state index contributed by atoms with van der Waals surface area (Å²) < 4.78 is 1.36. The van der Waals surface area contributed by atoms with Crippen LogP contribution in [0.5, 0.6) is 0 Å². The van der Waals surface area contributed by atoms with E-state index in [1.165, 1.54) is 40.4 Å². The lowest BCUT2D eigenvalue weighted by Crippen LogP contribution is -2.23. The molecule has 0 saturated carbocycles. The molecule has 1 aromatic carbocycles. The molecule has 1 N–H and O–H groups in total. The number of nitrogens with one attached hydrogen (secondary N) is 1. The molecule has 25 heavy (non-hydrogen) atoms. The topological polar surface area (TPSA) is 107 Å². The van der Waals surface area contributed by atoms with Gasteiger partial charge in [0.2, 0.25) is 5.91 Å². The first-order chi connectivity index (χ1) is 12.0. The fourth-order valence-corrected chi connectivity index (χ4v) is 3.14. The first kappa shape index (κ1) is 17.1. The summed E-state index contributed by atoms with van der Waals surface area (Å²) in [5.41, 5.74) is -0.233. The Morgan fingerprint density at radius 2 is 2.20 bits per heavy atom. The molecule has 0 aliphatic carbocycles. The van der Waals surface area contributed by atoms with Gasteiger partial charge >= 0.3 is 0 Å². The monoisotopic (exact) mass is 378 g/mol. The summed E-state index contributed by atoms with van der Waals surface area (Å²) in [6, 6.07) is 5.69. The molecule has 0 saturated heterocycles. The SMILES string of the molecule is O=C(CCn1cnc2sccc2c1=O)Nc1ccc(Cl)c([N+](=O)[O-])c1. The highest BCUT2D eigenvalue weighted by atomic mass is 35.5. The fraction of sp³-hybridized carbons (Fsp3) is 0.133. The maximum absolute atomic E-state index is 12.2. The summed E-state index contributed by atoms with van der Waals surface area (Å²) in [4.78, 5) is 39.3. The second kappa shape index (κ2) is 6.99. The third-order valence-electron chi connectivity index (χ3n) is 3.46. The van der Waals surface area contributed by atoms with Gasteiger partial charge in [-0.1, -0.05) is 11.6 Å². The lowest BCUT2D eigenvalue weighted by Gasteiger charge is -2.07. The smallest absolute Gasteiger partial charge is 0.289 e. The molecule has 10 heteroatoms. The summed E-state index contributed by atoms with van der Waals surface area (Å²) in [5, 5.41) is 15.7. The Morgan fingerprint density at radius 1 is 1.40 bits per heavy atom. The zero-order valence-corrected chi connectivity index (χ0v) is 14.2. The molecule has 0 aliphatic rings. The van der Waals surface area contributed by atoms with Crippen LogP contribution in [0.15, 0.2) is 40.8 Å². The van der Waals surface area contributed by atoms with E-state index in [1.54, 1.807) is 11.4 Å². The number of anilines is 1. The molecule has 0 radical (unpaired) electrons. The Balaban J connectivity index is 1.68. The number of benzene rings is 1. The van der Waals surface area contributed by atoms with E-state index in [1.807, 2.05) is 0 Å². The van der Waals surface area contributed by atoms with Gasteiger partial charge in [-0.05, 0) is 23.6 Å². The van der Waals surface area contributed by atoms with Crippen molar-refractivity contribution < 1.29 is 9.72 Å². The minimum Gasteiger partial charge on any atom is -0.326 e. The first-order valence-electron chi connectivity index (χ1n) is 7.12. The molecule has 8 nitrogen and oxygen atoms in total. The summed E-state index contributed by atoms with van der Waals surface area (Å²) in [6.07, 6.45) is 1.43. The minimum absolute atomic E-state index is 0.00955. The zero-order chi connectivity index (χ0) is 18.0. The molecule has 2 heterocycles. The number of hydrogen-bond acceptors (Lipinski definition) is 6. The Bertz CT molecular complexity index is 1030. The number of nitro groups is 1. The molecule has 1 amide bonds. The maximum Gasteiger partial charge on any atom is 0.289 e. The Hall–Kier alpha value is -2.78. The van der Waals surface area contributed by atoms with Crippen molar-refractivity contribution in [3.8, 4) is 0 Å².